The number of nitrogens with zero attached hydrogens (tertiary/aromatic N) is 1. The summed E-state index contributed by atoms with van der Waals surface area (Å²) in [5.74, 6) is 0.643. The van der Waals surface area contributed by atoms with Crippen molar-refractivity contribution >= 4 is 15.7 Å². The summed E-state index contributed by atoms with van der Waals surface area (Å²) in [6.45, 7) is 4.19. The summed E-state index contributed by atoms with van der Waals surface area (Å²) in [6, 6.07) is 5.54. The highest BCUT2D eigenvalue weighted by molar-refractivity contribution is 7.92. The molecule has 0 unspecified atom stereocenters. The van der Waals surface area contributed by atoms with Crippen LogP contribution in [0.25, 0.3) is 0 Å². The van der Waals surface area contributed by atoms with E-state index < -0.39 is 10.0 Å². The quantitative estimate of drug-likeness (QED) is 0.749. The van der Waals surface area contributed by atoms with E-state index in [-0.39, 0.29) is 6.10 Å². The van der Waals surface area contributed by atoms with Gasteiger partial charge in [0.05, 0.1) is 18.5 Å². The number of anilines is 1. The molecule has 0 saturated heterocycles. The summed E-state index contributed by atoms with van der Waals surface area (Å²) < 4.78 is 30.3. The molecule has 0 N–H and O–H groups in total. The molecule has 1 atom stereocenters. The van der Waals surface area contributed by atoms with Crippen LogP contribution >= 0.6 is 0 Å². The van der Waals surface area contributed by atoms with Gasteiger partial charge in [0.2, 0.25) is 10.0 Å². The molecule has 1 aliphatic rings. The van der Waals surface area contributed by atoms with Crippen molar-refractivity contribution in [3.63, 3.8) is 0 Å². The molecular formula is C11H15NO3S. The van der Waals surface area contributed by atoms with Crippen LogP contribution in [0.2, 0.25) is 0 Å². The van der Waals surface area contributed by atoms with E-state index in [2.05, 4.69) is 0 Å². The van der Waals surface area contributed by atoms with E-state index in [1.54, 1.807) is 6.07 Å². The summed E-state index contributed by atoms with van der Waals surface area (Å²) in [7, 11) is -3.23. The Morgan fingerprint density at radius 1 is 1.44 bits per heavy atom. The lowest BCUT2D eigenvalue weighted by atomic mass is 10.2. The SMILES string of the molecule is Cc1ccc2c(c1)O[C@H](C)CN2S(C)(=O)=O. The largest absolute Gasteiger partial charge is 0.487 e. The molecule has 5 heteroatoms. The van der Waals surface area contributed by atoms with Crippen LogP contribution in [0, 0.1) is 6.92 Å². The third-order valence-electron chi connectivity index (χ3n) is 2.54. The summed E-state index contributed by atoms with van der Waals surface area (Å²) in [6.07, 6.45) is 1.10. The lowest BCUT2D eigenvalue weighted by Crippen LogP contribution is -2.41. The Morgan fingerprint density at radius 3 is 2.75 bits per heavy atom. The Balaban J connectivity index is 2.54. The Morgan fingerprint density at radius 2 is 2.12 bits per heavy atom. The number of hydrogen-bond donors (Lipinski definition) is 0. The first kappa shape index (κ1) is 11.3. The standard InChI is InChI=1S/C11H15NO3S/c1-8-4-5-10-11(6-8)15-9(2)7-12(10)16(3,13)14/h4-6,9H,7H2,1-3H3/t9-/m1/s1. The fraction of sp³-hybridized carbons (Fsp3) is 0.455. The van der Waals surface area contributed by atoms with Crippen molar-refractivity contribution in [3.8, 4) is 5.75 Å². The van der Waals surface area contributed by atoms with Crippen molar-refractivity contribution < 1.29 is 13.2 Å². The lowest BCUT2D eigenvalue weighted by Gasteiger charge is -2.33. The van der Waals surface area contributed by atoms with Crippen LogP contribution < -0.4 is 9.04 Å². The Hall–Kier alpha value is -1.23. The molecule has 0 radical (unpaired) electrons. The van der Waals surface area contributed by atoms with Crippen LogP contribution in [0.15, 0.2) is 18.2 Å². The van der Waals surface area contributed by atoms with Gasteiger partial charge >= 0.3 is 0 Å². The number of aryl methyl sites for hydroxylation is 1. The summed E-state index contributed by atoms with van der Waals surface area (Å²) in [4.78, 5) is 0. The second kappa shape index (κ2) is 3.66. The molecule has 0 aromatic heterocycles. The van der Waals surface area contributed by atoms with Gasteiger partial charge in [-0.05, 0) is 31.5 Å². The van der Waals surface area contributed by atoms with Gasteiger partial charge in [-0.25, -0.2) is 8.42 Å². The van der Waals surface area contributed by atoms with Crippen molar-refractivity contribution in [2.24, 2.45) is 0 Å². The fourth-order valence-electron chi connectivity index (χ4n) is 1.82. The maximum absolute atomic E-state index is 11.6. The molecule has 0 fully saturated rings. The van der Waals surface area contributed by atoms with E-state index in [1.165, 1.54) is 10.6 Å². The smallest absolute Gasteiger partial charge is 0.232 e. The number of hydrogen-bond acceptors (Lipinski definition) is 3. The zero-order valence-corrected chi connectivity index (χ0v) is 10.4. The normalized spacial score (nSPS) is 20.2. The first-order valence-corrected chi connectivity index (χ1v) is 6.98. The van der Waals surface area contributed by atoms with Crippen molar-refractivity contribution in [2.45, 2.75) is 20.0 Å². The highest BCUT2D eigenvalue weighted by atomic mass is 32.2. The average Bonchev–Trinajstić information content (AvgIpc) is 2.14. The monoisotopic (exact) mass is 241 g/mol. The predicted molar refractivity (Wildman–Crippen MR) is 63.5 cm³/mol. The summed E-state index contributed by atoms with van der Waals surface area (Å²) >= 11 is 0. The second-order valence-electron chi connectivity index (χ2n) is 4.19. The highest BCUT2D eigenvalue weighted by Crippen LogP contribution is 2.35. The maximum atomic E-state index is 11.6. The molecule has 1 aliphatic heterocycles. The number of fused-ring (bicyclic) bond motifs is 1. The average molecular weight is 241 g/mol. The van der Waals surface area contributed by atoms with Crippen LogP contribution in [-0.4, -0.2) is 27.3 Å². The predicted octanol–water partition coefficient (Wildman–Crippen LogP) is 1.54. The minimum absolute atomic E-state index is 0.121. The maximum Gasteiger partial charge on any atom is 0.232 e. The van der Waals surface area contributed by atoms with E-state index in [1.807, 2.05) is 26.0 Å². The molecule has 1 aromatic carbocycles. The zero-order chi connectivity index (χ0) is 11.9. The lowest BCUT2D eigenvalue weighted by molar-refractivity contribution is 0.219. The summed E-state index contributed by atoms with van der Waals surface area (Å²) in [5, 5.41) is 0. The minimum atomic E-state index is -3.23. The third kappa shape index (κ3) is 2.00. The Bertz CT molecular complexity index is 510. The minimum Gasteiger partial charge on any atom is -0.487 e. The Labute approximate surface area is 95.9 Å². The molecular weight excluding hydrogens is 226 g/mol. The second-order valence-corrected chi connectivity index (χ2v) is 6.10. The molecule has 88 valence electrons. The molecule has 2 rings (SSSR count). The van der Waals surface area contributed by atoms with Crippen LogP contribution in [0.1, 0.15) is 12.5 Å². The van der Waals surface area contributed by atoms with E-state index in [9.17, 15) is 8.42 Å². The van der Waals surface area contributed by atoms with Gasteiger partial charge in [-0.15, -0.1) is 0 Å². The van der Waals surface area contributed by atoms with Crippen molar-refractivity contribution in [3.05, 3.63) is 23.8 Å². The van der Waals surface area contributed by atoms with E-state index >= 15 is 0 Å². The van der Waals surface area contributed by atoms with Crippen LogP contribution in [0.3, 0.4) is 0 Å². The van der Waals surface area contributed by atoms with E-state index in [0.717, 1.165) is 5.56 Å². The molecule has 0 spiro atoms. The van der Waals surface area contributed by atoms with Gasteiger partial charge in [0.25, 0.3) is 0 Å². The molecule has 4 nitrogen and oxygen atoms in total. The van der Waals surface area contributed by atoms with Gasteiger partial charge in [-0.2, -0.15) is 0 Å². The van der Waals surface area contributed by atoms with E-state index in [4.69, 9.17) is 4.74 Å². The number of ether oxygens (including phenoxy) is 1. The Kier molecular flexibility index (Phi) is 2.58. The van der Waals surface area contributed by atoms with E-state index in [0.29, 0.717) is 18.0 Å². The molecule has 16 heavy (non-hydrogen) atoms. The van der Waals surface area contributed by atoms with Gasteiger partial charge in [-0.3, -0.25) is 4.31 Å². The van der Waals surface area contributed by atoms with Crippen molar-refractivity contribution in [1.82, 2.24) is 0 Å². The van der Waals surface area contributed by atoms with Gasteiger partial charge in [0.1, 0.15) is 11.9 Å². The number of benzene rings is 1. The molecule has 0 aliphatic carbocycles. The first-order chi connectivity index (χ1) is 7.38. The van der Waals surface area contributed by atoms with Gasteiger partial charge in [-0.1, -0.05) is 6.07 Å². The van der Waals surface area contributed by atoms with Gasteiger partial charge < -0.3 is 4.74 Å². The number of rotatable bonds is 1. The van der Waals surface area contributed by atoms with Crippen molar-refractivity contribution in [2.75, 3.05) is 17.1 Å². The van der Waals surface area contributed by atoms with Crippen LogP contribution in [0.4, 0.5) is 5.69 Å². The highest BCUT2D eigenvalue weighted by Gasteiger charge is 2.28. The summed E-state index contributed by atoms with van der Waals surface area (Å²) in [5.41, 5.74) is 1.69. The third-order valence-corrected chi connectivity index (χ3v) is 3.68. The molecule has 0 saturated carbocycles. The number of sulfonamides is 1. The van der Waals surface area contributed by atoms with Crippen LogP contribution in [-0.2, 0) is 10.0 Å². The van der Waals surface area contributed by atoms with Gasteiger partial charge in [0, 0.05) is 0 Å². The van der Waals surface area contributed by atoms with Crippen LogP contribution in [0.5, 0.6) is 5.75 Å². The van der Waals surface area contributed by atoms with Gasteiger partial charge in [0.15, 0.2) is 0 Å². The molecule has 1 heterocycles. The van der Waals surface area contributed by atoms with Crippen molar-refractivity contribution in [1.29, 1.82) is 0 Å². The molecule has 0 amide bonds. The first-order valence-electron chi connectivity index (χ1n) is 5.13. The topological polar surface area (TPSA) is 46.6 Å². The fourth-order valence-corrected chi connectivity index (χ4v) is 2.81. The zero-order valence-electron chi connectivity index (χ0n) is 9.60. The molecule has 1 aromatic rings. The molecule has 0 bridgehead atoms.